The molecule has 2 aromatic rings. The minimum absolute atomic E-state index is 0.155. The van der Waals surface area contributed by atoms with Gasteiger partial charge in [0.1, 0.15) is 5.82 Å². The van der Waals surface area contributed by atoms with Gasteiger partial charge in [0.25, 0.3) is 0 Å². The molecule has 0 aromatic carbocycles. The molecule has 0 aliphatic heterocycles. The molecule has 0 atom stereocenters. The van der Waals surface area contributed by atoms with E-state index in [1.54, 1.807) is 18.3 Å². The Morgan fingerprint density at radius 2 is 2.19 bits per heavy atom. The molecular weight excluding hydrogens is 370 g/mol. The van der Waals surface area contributed by atoms with Crippen LogP contribution in [0.15, 0.2) is 36.1 Å². The molecule has 1 aliphatic carbocycles. The maximum atomic E-state index is 12.2. The van der Waals surface area contributed by atoms with Gasteiger partial charge in [-0.15, -0.1) is 16.8 Å². The third kappa shape index (κ3) is 4.65. The summed E-state index contributed by atoms with van der Waals surface area (Å²) in [4.78, 5) is 16.2. The van der Waals surface area contributed by atoms with Gasteiger partial charge in [-0.05, 0) is 25.0 Å². The number of aromatic nitrogens is 4. The molecule has 6 nitrogen and oxygen atoms in total. The second-order valence-electron chi connectivity index (χ2n) is 6.25. The normalized spacial score (nSPS) is 15.0. The number of nitrogens with zero attached hydrogens (tertiary/aromatic N) is 4. The van der Waals surface area contributed by atoms with Crippen LogP contribution in [-0.4, -0.2) is 31.4 Å². The Balaban J connectivity index is 1.65. The van der Waals surface area contributed by atoms with E-state index in [2.05, 4.69) is 31.6 Å². The van der Waals surface area contributed by atoms with Crippen LogP contribution in [0.3, 0.4) is 0 Å². The lowest BCUT2D eigenvalue weighted by molar-refractivity contribution is -0.113. The van der Waals surface area contributed by atoms with Gasteiger partial charge in [-0.1, -0.05) is 48.7 Å². The topological polar surface area (TPSA) is 72.7 Å². The Kier molecular flexibility index (Phi) is 6.68. The number of hydrogen-bond acceptors (Lipinski definition) is 5. The van der Waals surface area contributed by atoms with E-state index in [-0.39, 0.29) is 16.8 Å². The first-order valence-electron chi connectivity index (χ1n) is 8.76. The second-order valence-corrected chi connectivity index (χ2v) is 7.55. The van der Waals surface area contributed by atoms with E-state index in [1.807, 2.05) is 6.08 Å². The summed E-state index contributed by atoms with van der Waals surface area (Å²) in [6.45, 7) is 4.49. The van der Waals surface area contributed by atoms with Gasteiger partial charge in [-0.2, -0.15) is 0 Å². The van der Waals surface area contributed by atoms with Crippen molar-refractivity contribution in [3.05, 3.63) is 42.0 Å². The van der Waals surface area contributed by atoms with Gasteiger partial charge in [-0.3, -0.25) is 4.79 Å². The fourth-order valence-corrected chi connectivity index (χ4v) is 4.09. The number of hydrogen-bond donors (Lipinski definition) is 1. The minimum Gasteiger partial charge on any atom is -0.323 e. The summed E-state index contributed by atoms with van der Waals surface area (Å²) in [5, 5.41) is 12.5. The standard InChI is InChI=1S/C18H22ClN5OS/c1-2-11-24-17(13-7-4-3-5-8-13)22-23-18(24)26-12-15(25)21-14-9-6-10-20-16(14)19/h2,6,9-10,13H,1,3-5,7-8,11-12H2,(H,21,25). The first-order chi connectivity index (χ1) is 12.7. The zero-order chi connectivity index (χ0) is 18.4. The first kappa shape index (κ1) is 18.9. The number of anilines is 1. The molecule has 2 heterocycles. The van der Waals surface area contributed by atoms with Crippen molar-refractivity contribution < 1.29 is 4.79 Å². The highest BCUT2D eigenvalue weighted by Gasteiger charge is 2.23. The quantitative estimate of drug-likeness (QED) is 0.433. The fourth-order valence-electron chi connectivity index (χ4n) is 3.17. The van der Waals surface area contributed by atoms with Crippen LogP contribution in [-0.2, 0) is 11.3 Å². The number of carbonyl (C=O) groups is 1. The van der Waals surface area contributed by atoms with Crippen molar-refractivity contribution in [3.8, 4) is 0 Å². The van der Waals surface area contributed by atoms with Crippen molar-refractivity contribution in [1.29, 1.82) is 0 Å². The number of pyridine rings is 1. The smallest absolute Gasteiger partial charge is 0.234 e. The average molecular weight is 392 g/mol. The highest BCUT2D eigenvalue weighted by atomic mass is 35.5. The van der Waals surface area contributed by atoms with Crippen LogP contribution in [0.2, 0.25) is 5.15 Å². The zero-order valence-corrected chi connectivity index (χ0v) is 16.1. The summed E-state index contributed by atoms with van der Waals surface area (Å²) in [6, 6.07) is 3.45. The Morgan fingerprint density at radius 1 is 1.38 bits per heavy atom. The monoisotopic (exact) mass is 391 g/mol. The lowest BCUT2D eigenvalue weighted by atomic mass is 9.89. The van der Waals surface area contributed by atoms with Crippen molar-refractivity contribution in [3.63, 3.8) is 0 Å². The molecule has 1 amide bonds. The molecular formula is C18H22ClN5OS. The average Bonchev–Trinajstić information content (AvgIpc) is 3.06. The fraction of sp³-hybridized carbons (Fsp3) is 0.444. The summed E-state index contributed by atoms with van der Waals surface area (Å²) < 4.78 is 2.08. The van der Waals surface area contributed by atoms with Crippen LogP contribution >= 0.6 is 23.4 Å². The van der Waals surface area contributed by atoms with Gasteiger partial charge in [0, 0.05) is 18.7 Å². The van der Waals surface area contributed by atoms with E-state index in [9.17, 15) is 4.79 Å². The maximum Gasteiger partial charge on any atom is 0.234 e. The van der Waals surface area contributed by atoms with Crippen LogP contribution in [0, 0.1) is 0 Å². The molecule has 0 saturated heterocycles. The van der Waals surface area contributed by atoms with Crippen LogP contribution in [0.4, 0.5) is 5.69 Å². The number of amides is 1. The molecule has 1 aliphatic rings. The van der Waals surface area contributed by atoms with Gasteiger partial charge in [0.05, 0.1) is 11.4 Å². The zero-order valence-electron chi connectivity index (χ0n) is 14.5. The summed E-state index contributed by atoms with van der Waals surface area (Å²) in [5.74, 6) is 1.54. The van der Waals surface area contributed by atoms with Gasteiger partial charge in [0.2, 0.25) is 5.91 Å². The molecule has 26 heavy (non-hydrogen) atoms. The van der Waals surface area contributed by atoms with E-state index in [1.165, 1.54) is 31.0 Å². The van der Waals surface area contributed by atoms with Gasteiger partial charge in [-0.25, -0.2) is 4.98 Å². The molecule has 138 valence electrons. The Bertz CT molecular complexity index is 773. The molecule has 1 saturated carbocycles. The number of allylic oxidation sites excluding steroid dienone is 1. The number of thioether (sulfide) groups is 1. The minimum atomic E-state index is -0.155. The number of carbonyl (C=O) groups excluding carboxylic acids is 1. The van der Waals surface area contributed by atoms with Gasteiger partial charge < -0.3 is 9.88 Å². The Labute approximate surface area is 162 Å². The second kappa shape index (κ2) is 9.19. The first-order valence-corrected chi connectivity index (χ1v) is 10.1. The van der Waals surface area contributed by atoms with E-state index < -0.39 is 0 Å². The van der Waals surface area contributed by atoms with Crippen LogP contribution in [0.5, 0.6) is 0 Å². The number of nitrogens with one attached hydrogen (secondary N) is 1. The lowest BCUT2D eigenvalue weighted by Crippen LogP contribution is -2.16. The van der Waals surface area contributed by atoms with Crippen LogP contribution in [0.1, 0.15) is 43.8 Å². The predicted octanol–water partition coefficient (Wildman–Crippen LogP) is 4.29. The van der Waals surface area contributed by atoms with E-state index >= 15 is 0 Å². The molecule has 1 N–H and O–H groups in total. The highest BCUT2D eigenvalue weighted by molar-refractivity contribution is 7.99. The SMILES string of the molecule is C=CCn1c(SCC(=O)Nc2cccnc2Cl)nnc1C1CCCCC1. The third-order valence-corrected chi connectivity index (χ3v) is 5.66. The molecule has 8 heteroatoms. The molecule has 0 radical (unpaired) electrons. The summed E-state index contributed by atoms with van der Waals surface area (Å²) in [6.07, 6.45) is 9.50. The molecule has 0 unspecified atom stereocenters. The predicted molar refractivity (Wildman–Crippen MR) is 105 cm³/mol. The van der Waals surface area contributed by atoms with Crippen LogP contribution in [0.25, 0.3) is 0 Å². The Morgan fingerprint density at radius 3 is 2.92 bits per heavy atom. The third-order valence-electron chi connectivity index (χ3n) is 4.39. The summed E-state index contributed by atoms with van der Waals surface area (Å²) in [7, 11) is 0. The largest absolute Gasteiger partial charge is 0.323 e. The van der Waals surface area contributed by atoms with Crippen molar-refractivity contribution in [2.75, 3.05) is 11.1 Å². The maximum absolute atomic E-state index is 12.2. The molecule has 2 aromatic heterocycles. The van der Waals surface area contributed by atoms with E-state index in [0.29, 0.717) is 18.2 Å². The summed E-state index contributed by atoms with van der Waals surface area (Å²) >= 11 is 7.34. The lowest BCUT2D eigenvalue weighted by Gasteiger charge is -2.21. The van der Waals surface area contributed by atoms with Crippen molar-refractivity contribution in [2.24, 2.45) is 0 Å². The van der Waals surface area contributed by atoms with Crippen molar-refractivity contribution in [2.45, 2.75) is 49.7 Å². The van der Waals surface area contributed by atoms with E-state index in [0.717, 1.165) is 23.8 Å². The Hall–Kier alpha value is -1.86. The highest BCUT2D eigenvalue weighted by Crippen LogP contribution is 2.33. The number of halogens is 1. The van der Waals surface area contributed by atoms with Crippen molar-refractivity contribution >= 4 is 35.0 Å². The van der Waals surface area contributed by atoms with E-state index in [4.69, 9.17) is 11.6 Å². The van der Waals surface area contributed by atoms with Crippen molar-refractivity contribution in [1.82, 2.24) is 19.7 Å². The van der Waals surface area contributed by atoms with Gasteiger partial charge in [0.15, 0.2) is 10.3 Å². The molecule has 3 rings (SSSR count). The molecule has 0 spiro atoms. The van der Waals surface area contributed by atoms with Crippen LogP contribution < -0.4 is 5.32 Å². The van der Waals surface area contributed by atoms with Gasteiger partial charge >= 0.3 is 0 Å². The molecule has 1 fully saturated rings. The number of rotatable bonds is 7. The molecule has 0 bridgehead atoms. The summed E-state index contributed by atoms with van der Waals surface area (Å²) in [5.41, 5.74) is 0.509.